The number of alkyl halides is 1. The normalized spacial score (nSPS) is 12.2. The van der Waals surface area contributed by atoms with Crippen LogP contribution in [0.25, 0.3) is 0 Å². The third-order valence-electron chi connectivity index (χ3n) is 3.02. The van der Waals surface area contributed by atoms with Gasteiger partial charge < -0.3 is 5.32 Å². The summed E-state index contributed by atoms with van der Waals surface area (Å²) in [6.07, 6.45) is 2.01. The van der Waals surface area contributed by atoms with Gasteiger partial charge in [-0.2, -0.15) is 0 Å². The summed E-state index contributed by atoms with van der Waals surface area (Å²) in [4.78, 5) is 11.8. The molecule has 1 atom stereocenters. The fraction of sp³-hybridized carbons (Fsp3) is 0.500. The Kier molecular flexibility index (Phi) is 6.33. The Bertz CT molecular complexity index is 409. The molecular weight excluding hydrogens is 297 g/mol. The molecular formula is C14H19BrFNO. The number of rotatable bonds is 6. The lowest BCUT2D eigenvalue weighted by Gasteiger charge is -2.14. The Hall–Kier alpha value is -0.900. The quantitative estimate of drug-likeness (QED) is 0.797. The van der Waals surface area contributed by atoms with Gasteiger partial charge in [0, 0.05) is 11.9 Å². The van der Waals surface area contributed by atoms with Crippen molar-refractivity contribution < 1.29 is 9.18 Å². The molecule has 1 aromatic carbocycles. The standard InChI is InChI=1S/C14H19BrFNO/c1-3-11(6-7-15)9-17-14(18)12-5-4-10(2)8-13(12)16/h4-5,8,11H,3,6-7,9H2,1-2H3,(H,17,18). The summed E-state index contributed by atoms with van der Waals surface area (Å²) in [6, 6.07) is 4.66. The molecule has 1 N–H and O–H groups in total. The van der Waals surface area contributed by atoms with E-state index in [1.807, 2.05) is 0 Å². The average Bonchev–Trinajstić information content (AvgIpc) is 2.34. The summed E-state index contributed by atoms with van der Waals surface area (Å²) in [5.41, 5.74) is 0.934. The van der Waals surface area contributed by atoms with E-state index < -0.39 is 5.82 Å². The van der Waals surface area contributed by atoms with Gasteiger partial charge in [-0.05, 0) is 37.0 Å². The number of carbonyl (C=O) groups excluding carboxylic acids is 1. The van der Waals surface area contributed by atoms with Crippen LogP contribution in [0.5, 0.6) is 0 Å². The van der Waals surface area contributed by atoms with Crippen molar-refractivity contribution in [2.45, 2.75) is 26.7 Å². The van der Waals surface area contributed by atoms with Crippen LogP contribution in [0.3, 0.4) is 0 Å². The van der Waals surface area contributed by atoms with E-state index in [4.69, 9.17) is 0 Å². The van der Waals surface area contributed by atoms with E-state index in [2.05, 4.69) is 28.2 Å². The molecule has 0 bridgehead atoms. The zero-order valence-corrected chi connectivity index (χ0v) is 12.4. The molecule has 0 radical (unpaired) electrons. The molecule has 2 nitrogen and oxygen atoms in total. The predicted molar refractivity (Wildman–Crippen MR) is 75.7 cm³/mol. The van der Waals surface area contributed by atoms with Gasteiger partial charge in [0.25, 0.3) is 5.91 Å². The lowest BCUT2D eigenvalue weighted by Crippen LogP contribution is -2.30. The molecule has 0 aliphatic heterocycles. The molecule has 0 fully saturated rings. The fourth-order valence-corrected chi connectivity index (χ4v) is 2.39. The summed E-state index contributed by atoms with van der Waals surface area (Å²) in [6.45, 7) is 4.48. The Morgan fingerprint density at radius 3 is 2.78 bits per heavy atom. The Labute approximate surface area is 116 Å². The molecule has 1 rings (SSSR count). The highest BCUT2D eigenvalue weighted by atomic mass is 79.9. The first-order valence-electron chi connectivity index (χ1n) is 6.18. The number of carbonyl (C=O) groups is 1. The minimum atomic E-state index is -0.457. The number of aryl methyl sites for hydroxylation is 1. The lowest BCUT2D eigenvalue weighted by molar-refractivity contribution is 0.0942. The minimum Gasteiger partial charge on any atom is -0.352 e. The van der Waals surface area contributed by atoms with Crippen LogP contribution in [0.1, 0.15) is 35.7 Å². The van der Waals surface area contributed by atoms with Gasteiger partial charge in [-0.25, -0.2) is 4.39 Å². The minimum absolute atomic E-state index is 0.120. The van der Waals surface area contributed by atoms with Gasteiger partial charge in [0.05, 0.1) is 5.56 Å². The van der Waals surface area contributed by atoms with E-state index in [0.29, 0.717) is 12.5 Å². The number of hydrogen-bond donors (Lipinski definition) is 1. The molecule has 0 aliphatic rings. The molecule has 18 heavy (non-hydrogen) atoms. The second-order valence-corrected chi connectivity index (χ2v) is 5.24. The van der Waals surface area contributed by atoms with Gasteiger partial charge in [-0.3, -0.25) is 4.79 Å². The number of amides is 1. The molecule has 0 aliphatic carbocycles. The first kappa shape index (κ1) is 15.2. The van der Waals surface area contributed by atoms with Crippen LogP contribution in [0.15, 0.2) is 18.2 Å². The molecule has 0 heterocycles. The highest BCUT2D eigenvalue weighted by Gasteiger charge is 2.13. The van der Waals surface area contributed by atoms with E-state index in [0.717, 1.165) is 23.7 Å². The zero-order chi connectivity index (χ0) is 13.5. The van der Waals surface area contributed by atoms with Crippen LogP contribution in [-0.2, 0) is 0 Å². The highest BCUT2D eigenvalue weighted by molar-refractivity contribution is 9.09. The van der Waals surface area contributed by atoms with Gasteiger partial charge in [-0.15, -0.1) is 0 Å². The summed E-state index contributed by atoms with van der Waals surface area (Å²) < 4.78 is 13.6. The summed E-state index contributed by atoms with van der Waals surface area (Å²) in [5, 5.41) is 3.71. The summed E-state index contributed by atoms with van der Waals surface area (Å²) in [7, 11) is 0. The topological polar surface area (TPSA) is 29.1 Å². The van der Waals surface area contributed by atoms with Crippen LogP contribution < -0.4 is 5.32 Å². The maximum Gasteiger partial charge on any atom is 0.254 e. The Morgan fingerprint density at radius 2 is 2.22 bits per heavy atom. The van der Waals surface area contributed by atoms with Gasteiger partial charge in [0.15, 0.2) is 0 Å². The fourth-order valence-electron chi connectivity index (χ4n) is 1.74. The van der Waals surface area contributed by atoms with Crippen molar-refractivity contribution in [3.63, 3.8) is 0 Å². The zero-order valence-electron chi connectivity index (χ0n) is 10.8. The third kappa shape index (κ3) is 4.41. The average molecular weight is 316 g/mol. The van der Waals surface area contributed by atoms with Gasteiger partial charge in [-0.1, -0.05) is 35.3 Å². The molecule has 4 heteroatoms. The van der Waals surface area contributed by atoms with Crippen LogP contribution in [0.4, 0.5) is 4.39 Å². The smallest absolute Gasteiger partial charge is 0.254 e. The van der Waals surface area contributed by atoms with Gasteiger partial charge >= 0.3 is 0 Å². The van der Waals surface area contributed by atoms with Crippen molar-refractivity contribution in [1.29, 1.82) is 0 Å². The van der Waals surface area contributed by atoms with E-state index >= 15 is 0 Å². The monoisotopic (exact) mass is 315 g/mol. The Morgan fingerprint density at radius 1 is 1.50 bits per heavy atom. The van der Waals surface area contributed by atoms with Crippen molar-refractivity contribution in [1.82, 2.24) is 5.32 Å². The van der Waals surface area contributed by atoms with Crippen molar-refractivity contribution >= 4 is 21.8 Å². The second kappa shape index (κ2) is 7.52. The van der Waals surface area contributed by atoms with E-state index in [1.165, 1.54) is 12.1 Å². The molecule has 0 saturated heterocycles. The number of halogens is 2. The Balaban J connectivity index is 2.59. The van der Waals surface area contributed by atoms with Crippen LogP contribution in [-0.4, -0.2) is 17.8 Å². The predicted octanol–water partition coefficient (Wildman–Crippen LogP) is 3.68. The largest absolute Gasteiger partial charge is 0.352 e. The van der Waals surface area contributed by atoms with E-state index in [9.17, 15) is 9.18 Å². The molecule has 0 saturated carbocycles. The molecule has 1 unspecified atom stereocenters. The third-order valence-corrected chi connectivity index (χ3v) is 3.47. The van der Waals surface area contributed by atoms with Crippen molar-refractivity contribution in [2.75, 3.05) is 11.9 Å². The highest BCUT2D eigenvalue weighted by Crippen LogP contribution is 2.11. The summed E-state index contributed by atoms with van der Waals surface area (Å²) in [5.74, 6) is -0.358. The second-order valence-electron chi connectivity index (χ2n) is 4.45. The molecule has 100 valence electrons. The van der Waals surface area contributed by atoms with Gasteiger partial charge in [0.1, 0.15) is 5.82 Å². The lowest BCUT2D eigenvalue weighted by atomic mass is 10.0. The molecule has 1 aromatic rings. The van der Waals surface area contributed by atoms with E-state index in [-0.39, 0.29) is 11.5 Å². The van der Waals surface area contributed by atoms with Crippen LogP contribution >= 0.6 is 15.9 Å². The SMILES string of the molecule is CCC(CCBr)CNC(=O)c1ccc(C)cc1F. The molecule has 1 amide bonds. The van der Waals surface area contributed by atoms with Gasteiger partial charge in [0.2, 0.25) is 0 Å². The van der Waals surface area contributed by atoms with Crippen LogP contribution in [0, 0.1) is 18.7 Å². The number of benzene rings is 1. The first-order valence-corrected chi connectivity index (χ1v) is 7.31. The number of hydrogen-bond acceptors (Lipinski definition) is 1. The van der Waals surface area contributed by atoms with Crippen molar-refractivity contribution in [3.8, 4) is 0 Å². The number of nitrogens with one attached hydrogen (secondary N) is 1. The van der Waals surface area contributed by atoms with Crippen molar-refractivity contribution in [2.24, 2.45) is 5.92 Å². The van der Waals surface area contributed by atoms with Crippen molar-refractivity contribution in [3.05, 3.63) is 35.1 Å². The van der Waals surface area contributed by atoms with Crippen LogP contribution in [0.2, 0.25) is 0 Å². The molecule has 0 spiro atoms. The first-order chi connectivity index (χ1) is 8.58. The molecule has 0 aromatic heterocycles. The van der Waals surface area contributed by atoms with E-state index in [1.54, 1.807) is 13.0 Å². The maximum absolute atomic E-state index is 13.6. The maximum atomic E-state index is 13.6. The summed E-state index contributed by atoms with van der Waals surface area (Å²) >= 11 is 3.39.